The minimum atomic E-state index is -1.29. The average molecular weight is 268 g/mol. The molecule has 0 amide bonds. The van der Waals surface area contributed by atoms with E-state index >= 15 is 0 Å². The number of benzene rings is 1. The van der Waals surface area contributed by atoms with E-state index < -0.39 is 5.79 Å². The fourth-order valence-electron chi connectivity index (χ4n) is 1.97. The summed E-state index contributed by atoms with van der Waals surface area (Å²) < 4.78 is 5.26. The normalized spacial score (nSPS) is 20.8. The third kappa shape index (κ3) is 4.01. The third-order valence-corrected chi connectivity index (χ3v) is 3.20. The maximum atomic E-state index is 10.2. The zero-order valence-corrected chi connectivity index (χ0v) is 11.8. The number of ether oxygens (including phenoxy) is 1. The van der Waals surface area contributed by atoms with E-state index in [4.69, 9.17) is 4.74 Å². The second-order valence-corrected chi connectivity index (χ2v) is 4.89. The molecule has 0 fully saturated rings. The summed E-state index contributed by atoms with van der Waals surface area (Å²) >= 11 is 0. The van der Waals surface area contributed by atoms with E-state index in [0.717, 1.165) is 30.4 Å². The van der Waals surface area contributed by atoms with Gasteiger partial charge in [0.2, 0.25) is 5.79 Å². The molecule has 0 radical (unpaired) electrons. The van der Waals surface area contributed by atoms with Crippen molar-refractivity contribution < 1.29 is 9.84 Å². The Hall–Kier alpha value is -1.98. The SMILES string of the molecule is CCCCC#COC1(O)C=CC(c2ccccc2)=CC1. The minimum Gasteiger partial charge on any atom is -0.408 e. The molecule has 1 unspecified atom stereocenters. The number of aliphatic hydroxyl groups is 1. The van der Waals surface area contributed by atoms with E-state index in [-0.39, 0.29) is 0 Å². The molecule has 1 atom stereocenters. The van der Waals surface area contributed by atoms with Gasteiger partial charge in [-0.25, -0.2) is 0 Å². The van der Waals surface area contributed by atoms with Crippen molar-refractivity contribution in [3.05, 3.63) is 54.1 Å². The summed E-state index contributed by atoms with van der Waals surface area (Å²) in [5, 5.41) is 10.2. The highest BCUT2D eigenvalue weighted by atomic mass is 16.6. The summed E-state index contributed by atoms with van der Waals surface area (Å²) in [7, 11) is 0. The molecule has 2 heteroatoms. The molecular formula is C18H20O2. The van der Waals surface area contributed by atoms with Crippen molar-refractivity contribution in [2.24, 2.45) is 0 Å². The molecule has 1 aromatic carbocycles. The molecule has 20 heavy (non-hydrogen) atoms. The standard InChI is InChI=1S/C18H20O2/c1-2-3-4-8-15-20-18(19)13-11-17(12-14-18)16-9-6-5-7-10-16/h5-7,9-13,19H,2-4,14H2,1H3. The summed E-state index contributed by atoms with van der Waals surface area (Å²) in [5.74, 6) is 1.62. The Bertz CT molecular complexity index is 546. The molecule has 0 heterocycles. The van der Waals surface area contributed by atoms with Crippen LogP contribution in [-0.2, 0) is 4.74 Å². The van der Waals surface area contributed by atoms with E-state index in [2.05, 4.69) is 19.0 Å². The van der Waals surface area contributed by atoms with Gasteiger partial charge in [-0.3, -0.25) is 0 Å². The van der Waals surface area contributed by atoms with Crippen LogP contribution in [0.25, 0.3) is 5.57 Å². The molecule has 2 rings (SSSR count). The van der Waals surface area contributed by atoms with Crippen LogP contribution in [0.5, 0.6) is 0 Å². The van der Waals surface area contributed by atoms with Crippen LogP contribution in [0.1, 0.15) is 38.2 Å². The lowest BCUT2D eigenvalue weighted by Crippen LogP contribution is -2.28. The fraction of sp³-hybridized carbons (Fsp3) is 0.333. The quantitative estimate of drug-likeness (QED) is 0.510. The second-order valence-electron chi connectivity index (χ2n) is 4.89. The van der Waals surface area contributed by atoms with E-state index in [1.807, 2.05) is 42.5 Å². The highest BCUT2D eigenvalue weighted by Gasteiger charge is 2.26. The second kappa shape index (κ2) is 6.98. The van der Waals surface area contributed by atoms with Crippen LogP contribution < -0.4 is 0 Å². The van der Waals surface area contributed by atoms with Crippen molar-refractivity contribution in [1.29, 1.82) is 0 Å². The molecule has 104 valence electrons. The highest BCUT2D eigenvalue weighted by molar-refractivity contribution is 5.75. The van der Waals surface area contributed by atoms with Gasteiger partial charge in [0.1, 0.15) is 6.11 Å². The largest absolute Gasteiger partial charge is 0.408 e. The van der Waals surface area contributed by atoms with Crippen LogP contribution in [0, 0.1) is 12.0 Å². The van der Waals surface area contributed by atoms with E-state index in [9.17, 15) is 5.11 Å². The minimum absolute atomic E-state index is 0.413. The molecule has 1 N–H and O–H groups in total. The van der Waals surface area contributed by atoms with Crippen LogP contribution in [0.15, 0.2) is 48.6 Å². The zero-order chi connectivity index (χ0) is 14.3. The molecule has 2 nitrogen and oxygen atoms in total. The van der Waals surface area contributed by atoms with Gasteiger partial charge >= 0.3 is 0 Å². The summed E-state index contributed by atoms with van der Waals surface area (Å²) in [6.45, 7) is 2.12. The van der Waals surface area contributed by atoms with Crippen molar-refractivity contribution >= 4 is 5.57 Å². The molecule has 1 aliphatic rings. The first-order chi connectivity index (χ1) is 9.73. The molecule has 0 aromatic heterocycles. The number of hydrogen-bond acceptors (Lipinski definition) is 2. The van der Waals surface area contributed by atoms with Gasteiger partial charge in [-0.2, -0.15) is 0 Å². The van der Waals surface area contributed by atoms with Crippen LogP contribution in [0.3, 0.4) is 0 Å². The van der Waals surface area contributed by atoms with Crippen molar-refractivity contribution in [3.63, 3.8) is 0 Å². The Labute approximate surface area is 120 Å². The predicted molar refractivity (Wildman–Crippen MR) is 81.5 cm³/mol. The first-order valence-electron chi connectivity index (χ1n) is 7.06. The molecule has 0 bridgehead atoms. The molecule has 0 aliphatic heterocycles. The Kier molecular flexibility index (Phi) is 5.03. The third-order valence-electron chi connectivity index (χ3n) is 3.20. The summed E-state index contributed by atoms with van der Waals surface area (Å²) in [6, 6.07) is 10.1. The number of hydrogen-bond donors (Lipinski definition) is 1. The average Bonchev–Trinajstić information content (AvgIpc) is 2.49. The van der Waals surface area contributed by atoms with Crippen LogP contribution in [0.2, 0.25) is 0 Å². The van der Waals surface area contributed by atoms with Gasteiger partial charge in [0, 0.05) is 12.8 Å². The number of rotatable bonds is 4. The zero-order valence-electron chi connectivity index (χ0n) is 11.8. The molecule has 0 spiro atoms. The predicted octanol–water partition coefficient (Wildman–Crippen LogP) is 3.89. The highest BCUT2D eigenvalue weighted by Crippen LogP contribution is 2.27. The van der Waals surface area contributed by atoms with Crippen LogP contribution in [0.4, 0.5) is 0 Å². The Morgan fingerprint density at radius 2 is 2.10 bits per heavy atom. The topological polar surface area (TPSA) is 29.5 Å². The van der Waals surface area contributed by atoms with E-state index in [1.54, 1.807) is 6.08 Å². The van der Waals surface area contributed by atoms with Gasteiger partial charge in [-0.05, 0) is 23.6 Å². The van der Waals surface area contributed by atoms with Gasteiger partial charge in [-0.1, -0.05) is 61.7 Å². The van der Waals surface area contributed by atoms with Gasteiger partial charge in [0.05, 0.1) is 0 Å². The van der Waals surface area contributed by atoms with E-state index in [0.29, 0.717) is 6.42 Å². The monoisotopic (exact) mass is 268 g/mol. The van der Waals surface area contributed by atoms with Gasteiger partial charge < -0.3 is 9.84 Å². The summed E-state index contributed by atoms with van der Waals surface area (Å²) in [5.41, 5.74) is 2.23. The number of unbranched alkanes of at least 4 members (excludes halogenated alkanes) is 2. The smallest absolute Gasteiger partial charge is 0.242 e. The Balaban J connectivity index is 1.94. The first-order valence-corrected chi connectivity index (χ1v) is 7.06. The molecule has 0 saturated carbocycles. The van der Waals surface area contributed by atoms with Crippen molar-refractivity contribution in [3.8, 4) is 12.0 Å². The maximum Gasteiger partial charge on any atom is 0.242 e. The first kappa shape index (κ1) is 14.4. The fourth-order valence-corrected chi connectivity index (χ4v) is 1.97. The molecular weight excluding hydrogens is 248 g/mol. The Morgan fingerprint density at radius 3 is 2.75 bits per heavy atom. The summed E-state index contributed by atoms with van der Waals surface area (Å²) in [4.78, 5) is 0. The van der Waals surface area contributed by atoms with E-state index in [1.165, 1.54) is 0 Å². The van der Waals surface area contributed by atoms with Crippen LogP contribution in [-0.4, -0.2) is 10.9 Å². The Morgan fingerprint density at radius 1 is 1.30 bits per heavy atom. The van der Waals surface area contributed by atoms with Crippen LogP contribution >= 0.6 is 0 Å². The molecule has 1 aliphatic carbocycles. The van der Waals surface area contributed by atoms with Gasteiger partial charge in [0.15, 0.2) is 0 Å². The van der Waals surface area contributed by atoms with Crippen molar-refractivity contribution in [1.82, 2.24) is 0 Å². The lowest BCUT2D eigenvalue weighted by Gasteiger charge is -2.24. The van der Waals surface area contributed by atoms with Crippen molar-refractivity contribution in [2.45, 2.75) is 38.4 Å². The lowest BCUT2D eigenvalue weighted by molar-refractivity contribution is -0.113. The molecule has 1 aromatic rings. The maximum absolute atomic E-state index is 10.2. The summed E-state index contributed by atoms with van der Waals surface area (Å²) in [6.07, 6.45) is 11.5. The lowest BCUT2D eigenvalue weighted by atomic mass is 9.96. The number of allylic oxidation sites excluding steroid dienone is 2. The van der Waals surface area contributed by atoms with Crippen molar-refractivity contribution in [2.75, 3.05) is 0 Å². The van der Waals surface area contributed by atoms with Gasteiger partial charge in [-0.15, -0.1) is 0 Å². The van der Waals surface area contributed by atoms with Gasteiger partial charge in [0.25, 0.3) is 0 Å². The molecule has 0 saturated heterocycles.